The van der Waals surface area contributed by atoms with Crippen LogP contribution in [-0.2, 0) is 4.74 Å². The lowest BCUT2D eigenvalue weighted by atomic mass is 10.2. The molecular formula is C12H16ClNO3. The standard InChI is InChI=1S/C12H16ClNO3/c1-3-16-12(15)14-6-7-17-11-5-4-10(13)8-9(11)2/h4-5,8H,3,6-7H2,1-2H3,(H,14,15). The van der Waals surface area contributed by atoms with Crippen LogP contribution in [0.2, 0.25) is 5.02 Å². The van der Waals surface area contributed by atoms with Crippen molar-refractivity contribution in [1.29, 1.82) is 0 Å². The third kappa shape index (κ3) is 4.95. The molecule has 1 aromatic rings. The van der Waals surface area contributed by atoms with Crippen LogP contribution in [0.25, 0.3) is 0 Å². The Hall–Kier alpha value is -1.42. The van der Waals surface area contributed by atoms with E-state index in [2.05, 4.69) is 5.32 Å². The Kier molecular flexibility index (Phi) is 5.63. The van der Waals surface area contributed by atoms with E-state index in [4.69, 9.17) is 21.1 Å². The van der Waals surface area contributed by atoms with Gasteiger partial charge in [-0.2, -0.15) is 0 Å². The molecular weight excluding hydrogens is 242 g/mol. The number of carbonyl (C=O) groups excluding carboxylic acids is 1. The number of benzene rings is 1. The molecule has 4 nitrogen and oxygen atoms in total. The number of hydrogen-bond donors (Lipinski definition) is 1. The Morgan fingerprint density at radius 1 is 1.47 bits per heavy atom. The van der Waals surface area contributed by atoms with Gasteiger partial charge in [0, 0.05) is 5.02 Å². The molecule has 0 aliphatic rings. The molecule has 1 aromatic carbocycles. The number of alkyl carbamates (subject to hydrolysis) is 1. The first-order valence-corrected chi connectivity index (χ1v) is 5.81. The number of amides is 1. The summed E-state index contributed by atoms with van der Waals surface area (Å²) in [6.45, 7) is 4.83. The van der Waals surface area contributed by atoms with Crippen molar-refractivity contribution in [2.24, 2.45) is 0 Å². The number of hydrogen-bond acceptors (Lipinski definition) is 3. The molecule has 0 aliphatic heterocycles. The van der Waals surface area contributed by atoms with Crippen LogP contribution in [0.1, 0.15) is 12.5 Å². The second-order valence-corrected chi connectivity index (χ2v) is 3.84. The van der Waals surface area contributed by atoms with E-state index in [0.717, 1.165) is 11.3 Å². The Labute approximate surface area is 106 Å². The Bertz CT molecular complexity index is 382. The molecule has 1 amide bonds. The highest BCUT2D eigenvalue weighted by Crippen LogP contribution is 2.21. The molecule has 94 valence electrons. The first kappa shape index (κ1) is 13.6. The zero-order valence-corrected chi connectivity index (χ0v) is 10.7. The second-order valence-electron chi connectivity index (χ2n) is 3.41. The third-order valence-electron chi connectivity index (χ3n) is 2.04. The van der Waals surface area contributed by atoms with Crippen LogP contribution in [0.4, 0.5) is 4.79 Å². The number of nitrogens with one attached hydrogen (secondary N) is 1. The van der Waals surface area contributed by atoms with Crippen molar-refractivity contribution in [3.05, 3.63) is 28.8 Å². The molecule has 0 saturated heterocycles. The van der Waals surface area contributed by atoms with Gasteiger partial charge >= 0.3 is 6.09 Å². The van der Waals surface area contributed by atoms with Crippen molar-refractivity contribution in [1.82, 2.24) is 5.32 Å². The van der Waals surface area contributed by atoms with Gasteiger partial charge in [0.1, 0.15) is 12.4 Å². The summed E-state index contributed by atoms with van der Waals surface area (Å²) in [7, 11) is 0. The van der Waals surface area contributed by atoms with Gasteiger partial charge in [0.05, 0.1) is 13.2 Å². The van der Waals surface area contributed by atoms with Crippen LogP contribution in [-0.4, -0.2) is 25.9 Å². The van der Waals surface area contributed by atoms with E-state index in [1.807, 2.05) is 19.1 Å². The summed E-state index contributed by atoms with van der Waals surface area (Å²) >= 11 is 5.83. The predicted octanol–water partition coefficient (Wildman–Crippen LogP) is 2.77. The van der Waals surface area contributed by atoms with Gasteiger partial charge in [-0.1, -0.05) is 11.6 Å². The molecule has 5 heteroatoms. The van der Waals surface area contributed by atoms with Crippen molar-refractivity contribution in [3.63, 3.8) is 0 Å². The molecule has 1 N–H and O–H groups in total. The van der Waals surface area contributed by atoms with E-state index in [1.165, 1.54) is 0 Å². The van der Waals surface area contributed by atoms with Crippen LogP contribution >= 0.6 is 11.6 Å². The first-order chi connectivity index (χ1) is 8.13. The van der Waals surface area contributed by atoms with E-state index < -0.39 is 6.09 Å². The summed E-state index contributed by atoms with van der Waals surface area (Å²) < 4.78 is 10.2. The van der Waals surface area contributed by atoms with E-state index >= 15 is 0 Å². The van der Waals surface area contributed by atoms with Gasteiger partial charge in [-0.25, -0.2) is 4.79 Å². The maximum Gasteiger partial charge on any atom is 0.407 e. The topological polar surface area (TPSA) is 47.6 Å². The fourth-order valence-corrected chi connectivity index (χ4v) is 1.50. The van der Waals surface area contributed by atoms with Gasteiger partial charge in [0.15, 0.2) is 0 Å². The summed E-state index contributed by atoms with van der Waals surface area (Å²) in [5.41, 5.74) is 0.966. The Morgan fingerprint density at radius 2 is 2.24 bits per heavy atom. The predicted molar refractivity (Wildman–Crippen MR) is 66.7 cm³/mol. The first-order valence-electron chi connectivity index (χ1n) is 5.43. The fourth-order valence-electron chi connectivity index (χ4n) is 1.27. The maximum atomic E-state index is 11.0. The number of carbonyl (C=O) groups is 1. The van der Waals surface area contributed by atoms with Crippen molar-refractivity contribution in [3.8, 4) is 5.75 Å². The maximum absolute atomic E-state index is 11.0. The lowest BCUT2D eigenvalue weighted by molar-refractivity contribution is 0.150. The SMILES string of the molecule is CCOC(=O)NCCOc1ccc(Cl)cc1C. The van der Waals surface area contributed by atoms with Gasteiger partial charge in [-0.05, 0) is 37.6 Å². The van der Waals surface area contributed by atoms with Crippen LogP contribution in [0.15, 0.2) is 18.2 Å². The van der Waals surface area contributed by atoms with Crippen molar-refractivity contribution in [2.75, 3.05) is 19.8 Å². The zero-order valence-electron chi connectivity index (χ0n) is 9.96. The highest BCUT2D eigenvalue weighted by Gasteiger charge is 2.01. The molecule has 0 heterocycles. The van der Waals surface area contributed by atoms with Crippen LogP contribution in [0.3, 0.4) is 0 Å². The van der Waals surface area contributed by atoms with Crippen molar-refractivity contribution >= 4 is 17.7 Å². The molecule has 0 spiro atoms. The van der Waals surface area contributed by atoms with E-state index in [0.29, 0.717) is 24.8 Å². The van der Waals surface area contributed by atoms with Crippen LogP contribution < -0.4 is 10.1 Å². The minimum atomic E-state index is -0.427. The third-order valence-corrected chi connectivity index (χ3v) is 2.28. The number of ether oxygens (including phenoxy) is 2. The van der Waals surface area contributed by atoms with E-state index in [9.17, 15) is 4.79 Å². The minimum absolute atomic E-state index is 0.364. The van der Waals surface area contributed by atoms with Gasteiger partial charge in [0.25, 0.3) is 0 Å². The largest absolute Gasteiger partial charge is 0.491 e. The highest BCUT2D eigenvalue weighted by molar-refractivity contribution is 6.30. The Morgan fingerprint density at radius 3 is 2.88 bits per heavy atom. The van der Waals surface area contributed by atoms with E-state index in [1.54, 1.807) is 13.0 Å². The second kappa shape index (κ2) is 7.01. The van der Waals surface area contributed by atoms with Gasteiger partial charge in [0.2, 0.25) is 0 Å². The number of halogens is 1. The molecule has 0 fully saturated rings. The number of aryl methyl sites for hydroxylation is 1. The van der Waals surface area contributed by atoms with Gasteiger partial charge in [-0.3, -0.25) is 0 Å². The molecule has 0 aliphatic carbocycles. The lowest BCUT2D eigenvalue weighted by Gasteiger charge is -2.10. The highest BCUT2D eigenvalue weighted by atomic mass is 35.5. The minimum Gasteiger partial charge on any atom is -0.491 e. The van der Waals surface area contributed by atoms with E-state index in [-0.39, 0.29) is 0 Å². The molecule has 0 radical (unpaired) electrons. The van der Waals surface area contributed by atoms with Gasteiger partial charge < -0.3 is 14.8 Å². The smallest absolute Gasteiger partial charge is 0.407 e. The molecule has 0 bridgehead atoms. The summed E-state index contributed by atoms with van der Waals surface area (Å²) in [4.78, 5) is 11.0. The molecule has 0 aromatic heterocycles. The quantitative estimate of drug-likeness (QED) is 0.825. The average Bonchev–Trinajstić information content (AvgIpc) is 2.27. The zero-order chi connectivity index (χ0) is 12.7. The van der Waals surface area contributed by atoms with Crippen molar-refractivity contribution < 1.29 is 14.3 Å². The fraction of sp³-hybridized carbons (Fsp3) is 0.417. The molecule has 0 saturated carbocycles. The monoisotopic (exact) mass is 257 g/mol. The summed E-state index contributed by atoms with van der Waals surface area (Å²) in [5.74, 6) is 0.764. The van der Waals surface area contributed by atoms with Crippen LogP contribution in [0, 0.1) is 6.92 Å². The lowest BCUT2D eigenvalue weighted by Crippen LogP contribution is -2.28. The normalized spacial score (nSPS) is 9.82. The molecule has 0 atom stereocenters. The van der Waals surface area contributed by atoms with Crippen molar-refractivity contribution in [2.45, 2.75) is 13.8 Å². The molecule has 0 unspecified atom stereocenters. The summed E-state index contributed by atoms with van der Waals surface area (Å²) in [6.07, 6.45) is -0.427. The van der Waals surface area contributed by atoms with Crippen LogP contribution in [0.5, 0.6) is 5.75 Å². The molecule has 1 rings (SSSR count). The average molecular weight is 258 g/mol. The molecule has 17 heavy (non-hydrogen) atoms. The number of rotatable bonds is 5. The Balaban J connectivity index is 2.29. The summed E-state index contributed by atoms with van der Waals surface area (Å²) in [5, 5.41) is 3.25. The van der Waals surface area contributed by atoms with Gasteiger partial charge in [-0.15, -0.1) is 0 Å². The summed E-state index contributed by atoms with van der Waals surface area (Å²) in [6, 6.07) is 5.40.